The maximum atomic E-state index is 4.59. The van der Waals surface area contributed by atoms with Crippen LogP contribution in [0.15, 0.2) is 18.5 Å². The van der Waals surface area contributed by atoms with Crippen LogP contribution in [0.25, 0.3) is 5.95 Å². The van der Waals surface area contributed by atoms with Crippen LogP contribution in [0.3, 0.4) is 0 Å². The van der Waals surface area contributed by atoms with E-state index >= 15 is 0 Å². The second-order valence-corrected chi connectivity index (χ2v) is 4.80. The highest BCUT2D eigenvalue weighted by molar-refractivity contribution is 5.21. The highest BCUT2D eigenvalue weighted by atomic mass is 15.2. The van der Waals surface area contributed by atoms with Gasteiger partial charge in [-0.25, -0.2) is 15.0 Å². The van der Waals surface area contributed by atoms with Crippen LogP contribution < -0.4 is 5.32 Å². The highest BCUT2D eigenvalue weighted by Crippen LogP contribution is 2.19. The van der Waals surface area contributed by atoms with Crippen molar-refractivity contribution in [3.8, 4) is 5.95 Å². The Morgan fingerprint density at radius 1 is 1.33 bits per heavy atom. The summed E-state index contributed by atoms with van der Waals surface area (Å²) in [7, 11) is 0. The zero-order valence-corrected chi connectivity index (χ0v) is 10.7. The number of imidazole rings is 1. The fourth-order valence-corrected chi connectivity index (χ4v) is 1.94. The van der Waals surface area contributed by atoms with Crippen molar-refractivity contribution in [2.24, 2.45) is 0 Å². The normalized spacial score (nSPS) is 15.0. The molecule has 0 saturated heterocycles. The predicted molar refractivity (Wildman–Crippen MR) is 68.5 cm³/mol. The van der Waals surface area contributed by atoms with Crippen molar-refractivity contribution in [3.05, 3.63) is 35.7 Å². The predicted octanol–water partition coefficient (Wildman–Crippen LogP) is 1.53. The molecule has 94 valence electrons. The van der Waals surface area contributed by atoms with E-state index in [-0.39, 0.29) is 0 Å². The Kier molecular flexibility index (Phi) is 2.83. The zero-order valence-electron chi connectivity index (χ0n) is 10.7. The molecule has 1 fully saturated rings. The molecule has 1 saturated carbocycles. The molecule has 0 amide bonds. The van der Waals surface area contributed by atoms with Crippen molar-refractivity contribution in [1.82, 2.24) is 24.8 Å². The lowest BCUT2D eigenvalue weighted by Crippen LogP contribution is -2.17. The quantitative estimate of drug-likeness (QED) is 0.884. The molecule has 0 spiro atoms. The summed E-state index contributed by atoms with van der Waals surface area (Å²) in [5.74, 6) is 1.61. The third kappa shape index (κ3) is 2.41. The third-order valence-electron chi connectivity index (χ3n) is 3.09. The van der Waals surface area contributed by atoms with Crippen LogP contribution in [0, 0.1) is 13.8 Å². The summed E-state index contributed by atoms with van der Waals surface area (Å²) in [6.07, 6.45) is 6.24. The molecule has 2 aromatic heterocycles. The largest absolute Gasteiger partial charge is 0.308 e. The molecule has 18 heavy (non-hydrogen) atoms. The van der Waals surface area contributed by atoms with E-state index in [9.17, 15) is 0 Å². The van der Waals surface area contributed by atoms with Crippen LogP contribution in [0.4, 0.5) is 0 Å². The van der Waals surface area contributed by atoms with Crippen LogP contribution in [0.1, 0.15) is 30.1 Å². The lowest BCUT2D eigenvalue weighted by molar-refractivity contribution is 0.667. The van der Waals surface area contributed by atoms with Gasteiger partial charge in [0.05, 0.1) is 5.69 Å². The Balaban J connectivity index is 1.87. The average molecular weight is 243 g/mol. The van der Waals surface area contributed by atoms with Crippen LogP contribution in [0.5, 0.6) is 0 Å². The van der Waals surface area contributed by atoms with Gasteiger partial charge >= 0.3 is 0 Å². The third-order valence-corrected chi connectivity index (χ3v) is 3.09. The SMILES string of the molecule is Cc1cc(CNC2CC2)nc(-n2ccnc2C)n1. The van der Waals surface area contributed by atoms with E-state index in [4.69, 9.17) is 0 Å². The molecule has 0 aromatic carbocycles. The van der Waals surface area contributed by atoms with Gasteiger partial charge in [0.25, 0.3) is 0 Å². The number of aromatic nitrogens is 4. The fraction of sp³-hybridized carbons (Fsp3) is 0.462. The van der Waals surface area contributed by atoms with E-state index in [1.165, 1.54) is 12.8 Å². The summed E-state index contributed by atoms with van der Waals surface area (Å²) in [6.45, 7) is 4.76. The zero-order chi connectivity index (χ0) is 12.5. The van der Waals surface area contributed by atoms with Crippen LogP contribution in [-0.4, -0.2) is 25.6 Å². The van der Waals surface area contributed by atoms with E-state index in [2.05, 4.69) is 20.3 Å². The topological polar surface area (TPSA) is 55.6 Å². The molecule has 5 heteroatoms. The maximum Gasteiger partial charge on any atom is 0.235 e. The van der Waals surface area contributed by atoms with E-state index < -0.39 is 0 Å². The van der Waals surface area contributed by atoms with Crippen molar-refractivity contribution in [2.75, 3.05) is 0 Å². The molecule has 1 N–H and O–H groups in total. The molecule has 2 aromatic rings. The lowest BCUT2D eigenvalue weighted by atomic mass is 10.3. The van der Waals surface area contributed by atoms with Gasteiger partial charge in [0.1, 0.15) is 5.82 Å². The molecule has 0 aliphatic heterocycles. The molecule has 3 rings (SSSR count). The minimum atomic E-state index is 0.693. The van der Waals surface area contributed by atoms with Crippen molar-refractivity contribution >= 4 is 0 Å². The van der Waals surface area contributed by atoms with Gasteiger partial charge in [0.2, 0.25) is 5.95 Å². The first-order valence-corrected chi connectivity index (χ1v) is 6.30. The number of hydrogen-bond donors (Lipinski definition) is 1. The minimum absolute atomic E-state index is 0.693. The molecule has 2 heterocycles. The number of nitrogens with one attached hydrogen (secondary N) is 1. The van der Waals surface area contributed by atoms with Crippen molar-refractivity contribution in [3.63, 3.8) is 0 Å². The molecule has 0 bridgehead atoms. The maximum absolute atomic E-state index is 4.59. The molecule has 5 nitrogen and oxygen atoms in total. The van der Waals surface area contributed by atoms with Crippen LogP contribution in [-0.2, 0) is 6.54 Å². The smallest absolute Gasteiger partial charge is 0.235 e. The fourth-order valence-electron chi connectivity index (χ4n) is 1.94. The monoisotopic (exact) mass is 243 g/mol. The van der Waals surface area contributed by atoms with E-state index in [0.29, 0.717) is 12.0 Å². The Morgan fingerprint density at radius 3 is 2.83 bits per heavy atom. The molecule has 0 unspecified atom stereocenters. The van der Waals surface area contributed by atoms with Crippen LogP contribution in [0.2, 0.25) is 0 Å². The summed E-state index contributed by atoms with van der Waals surface area (Å²) >= 11 is 0. The van der Waals surface area contributed by atoms with Gasteiger partial charge in [-0.05, 0) is 32.8 Å². The molecule has 1 aliphatic carbocycles. The van der Waals surface area contributed by atoms with Gasteiger partial charge in [-0.1, -0.05) is 0 Å². The second kappa shape index (κ2) is 4.49. The summed E-state index contributed by atoms with van der Waals surface area (Å²) in [5.41, 5.74) is 2.03. The lowest BCUT2D eigenvalue weighted by Gasteiger charge is -2.08. The van der Waals surface area contributed by atoms with Gasteiger partial charge in [-0.3, -0.25) is 4.57 Å². The Labute approximate surface area is 106 Å². The standard InChI is InChI=1S/C13H17N5/c1-9-7-12(8-15-11-3-4-11)17-13(16-9)18-6-5-14-10(18)2/h5-7,11,15H,3-4,8H2,1-2H3. The summed E-state index contributed by atoms with van der Waals surface area (Å²) in [4.78, 5) is 13.3. The number of hydrogen-bond acceptors (Lipinski definition) is 4. The molecular weight excluding hydrogens is 226 g/mol. The average Bonchev–Trinajstić information content (AvgIpc) is 3.07. The summed E-state index contributed by atoms with van der Waals surface area (Å²) in [5, 5.41) is 3.47. The van der Waals surface area contributed by atoms with Gasteiger partial charge in [0, 0.05) is 30.7 Å². The first-order valence-electron chi connectivity index (χ1n) is 6.30. The van der Waals surface area contributed by atoms with E-state index in [0.717, 1.165) is 23.8 Å². The van der Waals surface area contributed by atoms with Crippen molar-refractivity contribution in [1.29, 1.82) is 0 Å². The number of aryl methyl sites for hydroxylation is 2. The van der Waals surface area contributed by atoms with Crippen LogP contribution >= 0.6 is 0 Å². The number of nitrogens with zero attached hydrogens (tertiary/aromatic N) is 4. The molecule has 0 radical (unpaired) electrons. The number of rotatable bonds is 4. The summed E-state index contributed by atoms with van der Waals surface area (Å²) in [6, 6.07) is 2.73. The van der Waals surface area contributed by atoms with Crippen molar-refractivity contribution < 1.29 is 0 Å². The van der Waals surface area contributed by atoms with Gasteiger partial charge in [-0.2, -0.15) is 0 Å². The first kappa shape index (κ1) is 11.3. The summed E-state index contributed by atoms with van der Waals surface area (Å²) < 4.78 is 1.91. The van der Waals surface area contributed by atoms with E-state index in [1.54, 1.807) is 6.20 Å². The molecule has 0 atom stereocenters. The van der Waals surface area contributed by atoms with Crippen molar-refractivity contribution in [2.45, 2.75) is 39.3 Å². The molecular formula is C13H17N5. The van der Waals surface area contributed by atoms with Gasteiger partial charge in [-0.15, -0.1) is 0 Å². The Morgan fingerprint density at radius 2 is 2.17 bits per heavy atom. The van der Waals surface area contributed by atoms with Gasteiger partial charge < -0.3 is 5.32 Å². The van der Waals surface area contributed by atoms with Gasteiger partial charge in [0.15, 0.2) is 0 Å². The highest BCUT2D eigenvalue weighted by Gasteiger charge is 2.20. The molecule has 1 aliphatic rings. The second-order valence-electron chi connectivity index (χ2n) is 4.80. The minimum Gasteiger partial charge on any atom is -0.308 e. The first-order chi connectivity index (χ1) is 8.72. The Bertz CT molecular complexity index is 556. The Hall–Kier alpha value is -1.75. The van der Waals surface area contributed by atoms with E-state index in [1.807, 2.05) is 30.7 Å².